The Kier molecular flexibility index (Phi) is 3.87. The normalized spacial score (nSPS) is 11.2. The largest absolute Gasteiger partial charge is 0.346 e. The maximum absolute atomic E-state index is 13.7. The summed E-state index contributed by atoms with van der Waals surface area (Å²) < 4.78 is 41.3. The minimum atomic E-state index is -0.791. The molecule has 0 atom stereocenters. The van der Waals surface area contributed by atoms with E-state index < -0.39 is 28.9 Å². The van der Waals surface area contributed by atoms with Gasteiger partial charge < -0.3 is 10.3 Å². The average Bonchev–Trinajstić information content (AvgIpc) is 3.08. The first-order valence-corrected chi connectivity index (χ1v) is 7.73. The number of benzene rings is 2. The summed E-state index contributed by atoms with van der Waals surface area (Å²) in [7, 11) is 0. The molecule has 2 heterocycles. The number of H-pyrrole nitrogens is 1. The van der Waals surface area contributed by atoms with E-state index in [2.05, 4.69) is 20.6 Å². The molecule has 0 saturated heterocycles. The van der Waals surface area contributed by atoms with Gasteiger partial charge in [0.1, 0.15) is 17.5 Å². The molecule has 136 valence electrons. The Balaban J connectivity index is 1.71. The molecule has 0 saturated carbocycles. The second kappa shape index (κ2) is 6.24. The molecule has 2 N–H and O–H groups in total. The maximum atomic E-state index is 13.7. The maximum Gasteiger partial charge on any atom is 0.277 e. The lowest BCUT2D eigenvalue weighted by Gasteiger charge is -2.05. The summed E-state index contributed by atoms with van der Waals surface area (Å²) in [5.41, 5.74) is -0.666. The van der Waals surface area contributed by atoms with Crippen LogP contribution in [0.25, 0.3) is 16.6 Å². The topological polar surface area (TPSA) is 92.2 Å². The molecule has 0 aliphatic rings. The molecule has 2 aromatic carbocycles. The highest BCUT2D eigenvalue weighted by Crippen LogP contribution is 2.15. The van der Waals surface area contributed by atoms with Crippen LogP contribution in [0.15, 0.2) is 41.2 Å². The molecule has 10 heteroatoms. The Morgan fingerprint density at radius 3 is 2.67 bits per heavy atom. The Morgan fingerprint density at radius 2 is 1.85 bits per heavy atom. The van der Waals surface area contributed by atoms with E-state index in [1.165, 1.54) is 12.1 Å². The van der Waals surface area contributed by atoms with E-state index in [1.54, 1.807) is 0 Å². The van der Waals surface area contributed by atoms with E-state index in [0.29, 0.717) is 5.52 Å². The molecule has 27 heavy (non-hydrogen) atoms. The molecule has 4 rings (SSSR count). The number of hydrogen-bond acceptors (Lipinski definition) is 4. The lowest BCUT2D eigenvalue weighted by molar-refractivity contribution is 0.0947. The van der Waals surface area contributed by atoms with Crippen molar-refractivity contribution in [3.05, 3.63) is 75.5 Å². The van der Waals surface area contributed by atoms with E-state index in [1.807, 2.05) is 0 Å². The van der Waals surface area contributed by atoms with Gasteiger partial charge in [-0.3, -0.25) is 9.59 Å². The Labute approximate surface area is 148 Å². The summed E-state index contributed by atoms with van der Waals surface area (Å²) in [6.07, 6.45) is 0. The van der Waals surface area contributed by atoms with Crippen molar-refractivity contribution >= 4 is 22.5 Å². The summed E-state index contributed by atoms with van der Waals surface area (Å²) in [6, 6.07) is 6.53. The van der Waals surface area contributed by atoms with Crippen molar-refractivity contribution in [1.29, 1.82) is 0 Å². The first-order chi connectivity index (χ1) is 12.9. The van der Waals surface area contributed by atoms with Crippen LogP contribution in [0.1, 0.15) is 16.1 Å². The third kappa shape index (κ3) is 2.90. The molecule has 0 unspecified atom stereocenters. The zero-order valence-corrected chi connectivity index (χ0v) is 13.5. The SMILES string of the molecule is O=C(NCc1cc(F)ccc1F)c1nnn2c1c(=O)[nH]c1cc(F)ccc12. The number of carbonyl (C=O) groups excluding carboxylic acids is 1. The van der Waals surface area contributed by atoms with Crippen molar-refractivity contribution in [2.45, 2.75) is 6.54 Å². The quantitative estimate of drug-likeness (QED) is 0.574. The van der Waals surface area contributed by atoms with Crippen molar-refractivity contribution in [3.63, 3.8) is 0 Å². The standard InChI is InChI=1S/C17H10F3N5O2/c18-9-1-3-11(20)8(5-9)7-21-16(26)14-15-17(27)22-12-6-10(19)2-4-13(12)25(15)24-23-14/h1-6H,7H2,(H,21,26)(H,22,27). The van der Waals surface area contributed by atoms with E-state index in [-0.39, 0.29) is 28.8 Å². The van der Waals surface area contributed by atoms with Gasteiger partial charge in [0.05, 0.1) is 11.0 Å². The number of amides is 1. The van der Waals surface area contributed by atoms with E-state index in [0.717, 1.165) is 28.8 Å². The van der Waals surface area contributed by atoms with Crippen molar-refractivity contribution in [2.24, 2.45) is 0 Å². The van der Waals surface area contributed by atoms with Gasteiger partial charge in [0.15, 0.2) is 11.2 Å². The van der Waals surface area contributed by atoms with Gasteiger partial charge in [-0.2, -0.15) is 0 Å². The van der Waals surface area contributed by atoms with Crippen LogP contribution in [0.2, 0.25) is 0 Å². The molecular formula is C17H10F3N5O2. The molecule has 0 radical (unpaired) electrons. The van der Waals surface area contributed by atoms with E-state index in [9.17, 15) is 22.8 Å². The monoisotopic (exact) mass is 373 g/mol. The number of nitrogens with zero attached hydrogens (tertiary/aromatic N) is 3. The van der Waals surface area contributed by atoms with Gasteiger partial charge in [0.2, 0.25) is 0 Å². The van der Waals surface area contributed by atoms with Crippen molar-refractivity contribution in [2.75, 3.05) is 0 Å². The van der Waals surface area contributed by atoms with Gasteiger partial charge in [0, 0.05) is 12.1 Å². The molecule has 0 aliphatic heterocycles. The number of carbonyl (C=O) groups is 1. The van der Waals surface area contributed by atoms with Crippen LogP contribution in [0.3, 0.4) is 0 Å². The van der Waals surface area contributed by atoms with E-state index >= 15 is 0 Å². The van der Waals surface area contributed by atoms with Crippen molar-refractivity contribution < 1.29 is 18.0 Å². The highest BCUT2D eigenvalue weighted by atomic mass is 19.1. The Morgan fingerprint density at radius 1 is 1.11 bits per heavy atom. The predicted molar refractivity (Wildman–Crippen MR) is 88.6 cm³/mol. The van der Waals surface area contributed by atoms with E-state index in [4.69, 9.17) is 0 Å². The Bertz CT molecular complexity index is 1260. The van der Waals surface area contributed by atoms with Crippen LogP contribution in [0, 0.1) is 17.5 Å². The number of nitrogens with one attached hydrogen (secondary N) is 2. The van der Waals surface area contributed by atoms with Gasteiger partial charge in [-0.05, 0) is 36.4 Å². The molecular weight excluding hydrogens is 363 g/mol. The predicted octanol–water partition coefficient (Wildman–Crippen LogP) is 1.92. The molecule has 0 bridgehead atoms. The van der Waals surface area contributed by atoms with Gasteiger partial charge in [-0.15, -0.1) is 5.10 Å². The fourth-order valence-electron chi connectivity index (χ4n) is 2.72. The molecule has 1 amide bonds. The lowest BCUT2D eigenvalue weighted by atomic mass is 10.2. The van der Waals surface area contributed by atoms with Crippen LogP contribution in [-0.2, 0) is 6.54 Å². The first kappa shape index (κ1) is 16.8. The number of fused-ring (bicyclic) bond motifs is 3. The fraction of sp³-hybridized carbons (Fsp3) is 0.0588. The minimum absolute atomic E-state index is 0.0605. The second-order valence-corrected chi connectivity index (χ2v) is 5.73. The average molecular weight is 373 g/mol. The summed E-state index contributed by atoms with van der Waals surface area (Å²) >= 11 is 0. The van der Waals surface area contributed by atoms with Crippen LogP contribution in [0.4, 0.5) is 13.2 Å². The lowest BCUT2D eigenvalue weighted by Crippen LogP contribution is -2.25. The van der Waals surface area contributed by atoms with Crippen LogP contribution in [0.5, 0.6) is 0 Å². The van der Waals surface area contributed by atoms with Crippen LogP contribution < -0.4 is 10.9 Å². The highest BCUT2D eigenvalue weighted by molar-refractivity contribution is 5.99. The summed E-state index contributed by atoms with van der Waals surface area (Å²) in [6.45, 7) is -0.307. The number of rotatable bonds is 3. The number of aromatic amines is 1. The molecule has 0 spiro atoms. The molecule has 0 fully saturated rings. The highest BCUT2D eigenvalue weighted by Gasteiger charge is 2.20. The van der Waals surface area contributed by atoms with Crippen LogP contribution in [-0.4, -0.2) is 25.7 Å². The van der Waals surface area contributed by atoms with Gasteiger partial charge >= 0.3 is 0 Å². The minimum Gasteiger partial charge on any atom is -0.346 e. The Hall–Kier alpha value is -3.69. The molecule has 7 nitrogen and oxygen atoms in total. The van der Waals surface area contributed by atoms with Crippen molar-refractivity contribution in [3.8, 4) is 0 Å². The molecule has 4 aromatic rings. The third-order valence-corrected chi connectivity index (χ3v) is 3.98. The zero-order chi connectivity index (χ0) is 19.1. The smallest absolute Gasteiger partial charge is 0.277 e. The number of aromatic nitrogens is 4. The summed E-state index contributed by atoms with van der Waals surface area (Å²) in [4.78, 5) is 27.1. The van der Waals surface area contributed by atoms with Gasteiger partial charge in [-0.25, -0.2) is 17.7 Å². The molecule has 2 aromatic heterocycles. The third-order valence-electron chi connectivity index (χ3n) is 3.98. The first-order valence-electron chi connectivity index (χ1n) is 7.73. The summed E-state index contributed by atoms with van der Waals surface area (Å²) in [5, 5.41) is 9.85. The number of hydrogen-bond donors (Lipinski definition) is 2. The number of halogens is 3. The zero-order valence-electron chi connectivity index (χ0n) is 13.5. The van der Waals surface area contributed by atoms with Gasteiger partial charge in [-0.1, -0.05) is 5.21 Å². The fourth-order valence-corrected chi connectivity index (χ4v) is 2.72. The molecule has 0 aliphatic carbocycles. The van der Waals surface area contributed by atoms with Crippen LogP contribution >= 0.6 is 0 Å². The van der Waals surface area contributed by atoms with Gasteiger partial charge in [0.25, 0.3) is 11.5 Å². The summed E-state index contributed by atoms with van der Waals surface area (Å²) in [5.74, 6) is -2.67. The second-order valence-electron chi connectivity index (χ2n) is 5.73. The van der Waals surface area contributed by atoms with Crippen molar-refractivity contribution in [1.82, 2.24) is 25.1 Å².